The summed E-state index contributed by atoms with van der Waals surface area (Å²) in [4.78, 5) is 13.9. The number of hydrogen-bond acceptors (Lipinski definition) is 2. The van der Waals surface area contributed by atoms with Crippen LogP contribution in [0.3, 0.4) is 0 Å². The maximum absolute atomic E-state index is 9.49. The fraction of sp³-hybridized carbons (Fsp3) is 0.525. The van der Waals surface area contributed by atoms with E-state index in [0.29, 0.717) is 6.42 Å². The normalized spacial score (nSPS) is 18.7. The Kier molecular flexibility index (Phi) is 12.3. The third kappa shape index (κ3) is 9.00. The van der Waals surface area contributed by atoms with Gasteiger partial charge >= 0.3 is 0 Å². The number of carbonyl (C=O) groups is 1. The van der Waals surface area contributed by atoms with E-state index >= 15 is 0 Å². The van der Waals surface area contributed by atoms with Crippen LogP contribution in [0.1, 0.15) is 151 Å². The van der Waals surface area contributed by atoms with Crippen LogP contribution in [-0.4, -0.2) is 5.97 Å². The summed E-state index contributed by atoms with van der Waals surface area (Å²) in [5, 5.41) is 9.49. The van der Waals surface area contributed by atoms with Gasteiger partial charge < -0.3 is 9.90 Å². The Morgan fingerprint density at radius 2 is 0.814 bits per heavy atom. The number of aliphatic carboxylic acids is 1. The molecule has 0 saturated heterocycles. The number of carboxylic acids is 1. The van der Waals surface area contributed by atoms with E-state index in [9.17, 15) is 9.90 Å². The zero-order chi connectivity index (χ0) is 29.9. The van der Waals surface area contributed by atoms with Crippen LogP contribution >= 0.6 is 0 Å². The predicted molar refractivity (Wildman–Crippen MR) is 179 cm³/mol. The Bertz CT molecular complexity index is 1080. The number of hydrogen-bond donors (Lipinski definition) is 0. The summed E-state index contributed by atoms with van der Waals surface area (Å²) in [6.45, 7) is 1.80. The lowest BCUT2D eigenvalue weighted by Crippen LogP contribution is -2.20. The summed E-state index contributed by atoms with van der Waals surface area (Å²) in [6.07, 6.45) is 21.7. The smallest absolute Gasteiger partial charge is 0.166 e. The molecule has 3 aromatic rings. The quantitative estimate of drug-likeness (QED) is 0.243. The second kappa shape index (κ2) is 16.5. The van der Waals surface area contributed by atoms with Crippen LogP contribution in [0.15, 0.2) is 87.5 Å². The summed E-state index contributed by atoms with van der Waals surface area (Å²) in [5.41, 5.74) is 4.69. The Morgan fingerprint density at radius 1 is 0.535 bits per heavy atom. The fourth-order valence-electron chi connectivity index (χ4n) is 7.55. The third-order valence-electron chi connectivity index (χ3n) is 10.0. The minimum absolute atomic E-state index is 0.0542. The first-order chi connectivity index (χ1) is 21.1. The molecule has 0 heterocycles. The van der Waals surface area contributed by atoms with Crippen molar-refractivity contribution in [3.05, 3.63) is 89.5 Å². The predicted octanol–water partition coefficient (Wildman–Crippen LogP) is 10.5. The van der Waals surface area contributed by atoms with E-state index in [4.69, 9.17) is 0 Å². The number of carboxylic acid groups (broad SMARTS) is 1. The summed E-state index contributed by atoms with van der Waals surface area (Å²) < 4.78 is 0. The molecule has 230 valence electrons. The van der Waals surface area contributed by atoms with Crippen molar-refractivity contribution < 1.29 is 9.90 Å². The molecular formula is C40H52O2S. The van der Waals surface area contributed by atoms with Crippen molar-refractivity contribution in [3.8, 4) is 0 Å². The summed E-state index contributed by atoms with van der Waals surface area (Å²) in [7, 11) is -0.0542. The van der Waals surface area contributed by atoms with Crippen molar-refractivity contribution in [1.29, 1.82) is 0 Å². The minimum atomic E-state index is -0.961. The molecule has 0 aliphatic heterocycles. The van der Waals surface area contributed by atoms with Crippen molar-refractivity contribution in [2.75, 3.05) is 0 Å². The molecule has 3 aliphatic rings. The summed E-state index contributed by atoms with van der Waals surface area (Å²) >= 11 is 0. The topological polar surface area (TPSA) is 40.1 Å². The molecule has 3 heteroatoms. The van der Waals surface area contributed by atoms with Gasteiger partial charge in [0.25, 0.3) is 0 Å². The number of benzene rings is 3. The Labute approximate surface area is 264 Å². The largest absolute Gasteiger partial charge is 0.550 e. The molecule has 0 spiro atoms. The molecule has 6 rings (SSSR count). The second-order valence-corrected chi connectivity index (χ2v) is 15.2. The van der Waals surface area contributed by atoms with Crippen LogP contribution in [0, 0.1) is 0 Å². The van der Waals surface area contributed by atoms with Crippen molar-refractivity contribution >= 4 is 16.9 Å². The Balaban J connectivity index is 0.000000559. The Hall–Kier alpha value is -2.52. The number of carbonyl (C=O) groups excluding carboxylic acids is 1. The molecule has 0 amide bonds. The van der Waals surface area contributed by atoms with Gasteiger partial charge in [-0.05, 0) is 116 Å². The molecule has 0 atom stereocenters. The molecule has 3 saturated carbocycles. The monoisotopic (exact) mass is 596 g/mol. The van der Waals surface area contributed by atoms with Gasteiger partial charge in [-0.2, -0.15) is 0 Å². The highest BCUT2D eigenvalue weighted by Gasteiger charge is 2.30. The second-order valence-electron chi connectivity index (χ2n) is 13.1. The first kappa shape index (κ1) is 31.9. The van der Waals surface area contributed by atoms with E-state index in [1.807, 2.05) is 0 Å². The van der Waals surface area contributed by atoms with Gasteiger partial charge in [0.1, 0.15) is 0 Å². The average Bonchev–Trinajstić information content (AvgIpc) is 3.07. The molecule has 0 bridgehead atoms. The molecule has 3 aliphatic carbocycles. The van der Waals surface area contributed by atoms with Gasteiger partial charge in [0.15, 0.2) is 14.7 Å². The molecule has 3 fully saturated rings. The summed E-state index contributed by atoms with van der Waals surface area (Å²) in [6, 6.07) is 29.5. The van der Waals surface area contributed by atoms with Crippen molar-refractivity contribution in [1.82, 2.24) is 0 Å². The van der Waals surface area contributed by atoms with Gasteiger partial charge in [0.05, 0.1) is 10.9 Å². The molecule has 0 radical (unpaired) electrons. The molecule has 0 unspecified atom stereocenters. The zero-order valence-corrected chi connectivity index (χ0v) is 27.2. The lowest BCUT2D eigenvalue weighted by molar-refractivity contribution is -0.305. The maximum atomic E-state index is 9.49. The first-order valence-corrected chi connectivity index (χ1v) is 18.6. The van der Waals surface area contributed by atoms with E-state index in [2.05, 4.69) is 72.8 Å². The van der Waals surface area contributed by atoms with Gasteiger partial charge in [-0.3, -0.25) is 0 Å². The highest BCUT2D eigenvalue weighted by molar-refractivity contribution is 7.97. The van der Waals surface area contributed by atoms with Gasteiger partial charge in [-0.25, -0.2) is 0 Å². The van der Waals surface area contributed by atoms with E-state index in [0.717, 1.165) is 17.8 Å². The van der Waals surface area contributed by atoms with Gasteiger partial charge in [-0.15, -0.1) is 0 Å². The highest BCUT2D eigenvalue weighted by Crippen LogP contribution is 2.39. The third-order valence-corrected chi connectivity index (χ3v) is 12.3. The molecular weight excluding hydrogens is 545 g/mol. The minimum Gasteiger partial charge on any atom is -0.550 e. The molecule has 3 aromatic carbocycles. The van der Waals surface area contributed by atoms with Gasteiger partial charge in [-0.1, -0.05) is 108 Å². The Morgan fingerprint density at radius 3 is 1.02 bits per heavy atom. The van der Waals surface area contributed by atoms with Crippen LogP contribution < -0.4 is 5.11 Å². The van der Waals surface area contributed by atoms with Crippen LogP contribution in [0.5, 0.6) is 0 Å². The number of rotatable bonds is 8. The van der Waals surface area contributed by atoms with Gasteiger partial charge in [0, 0.05) is 5.97 Å². The SMILES string of the molecule is CCCC(=O)[O-].c1cc([S+](c2ccc(C3CCCCC3)cc2)c2ccc(C3CCCCC3)cc2)ccc1C1CCCCC1. The van der Waals surface area contributed by atoms with Crippen molar-refractivity contribution in [2.45, 2.75) is 149 Å². The highest BCUT2D eigenvalue weighted by atomic mass is 32.2. The maximum Gasteiger partial charge on any atom is 0.166 e. The average molecular weight is 597 g/mol. The van der Waals surface area contributed by atoms with Crippen LogP contribution in [-0.2, 0) is 15.7 Å². The van der Waals surface area contributed by atoms with E-state index in [1.54, 1.807) is 23.6 Å². The first-order valence-electron chi connectivity index (χ1n) is 17.4. The standard InChI is InChI=1S/C36H45S.C4H8O2/c1-4-10-28(11-5-1)31-16-22-34(23-17-31)37(35-24-18-32(19-25-35)29-12-6-2-7-13-29)36-26-20-33(21-27-36)30-14-8-3-9-15-30;1-2-3-4(5)6/h16-30H,1-15H2;2-3H2,1H3,(H,5,6)/q+1;/p-1. The molecule has 2 nitrogen and oxygen atoms in total. The fourth-order valence-corrected chi connectivity index (χ4v) is 9.59. The van der Waals surface area contributed by atoms with Gasteiger partial charge in [0.2, 0.25) is 0 Å². The summed E-state index contributed by atoms with van der Waals surface area (Å²) in [5.74, 6) is 1.36. The molecule has 0 aromatic heterocycles. The van der Waals surface area contributed by atoms with Crippen LogP contribution in [0.25, 0.3) is 0 Å². The molecule has 0 N–H and O–H groups in total. The zero-order valence-electron chi connectivity index (χ0n) is 26.4. The van der Waals surface area contributed by atoms with Crippen molar-refractivity contribution in [3.63, 3.8) is 0 Å². The molecule has 43 heavy (non-hydrogen) atoms. The van der Waals surface area contributed by atoms with E-state index < -0.39 is 5.97 Å². The van der Waals surface area contributed by atoms with Crippen molar-refractivity contribution in [2.24, 2.45) is 0 Å². The lowest BCUT2D eigenvalue weighted by atomic mass is 9.84. The van der Waals surface area contributed by atoms with E-state index in [-0.39, 0.29) is 17.3 Å². The van der Waals surface area contributed by atoms with Crippen LogP contribution in [0.2, 0.25) is 0 Å². The lowest BCUT2D eigenvalue weighted by Gasteiger charge is -2.23. The van der Waals surface area contributed by atoms with Crippen LogP contribution in [0.4, 0.5) is 0 Å². The van der Waals surface area contributed by atoms with E-state index in [1.165, 1.54) is 111 Å².